The monoisotopic (exact) mass is 236 g/mol. The molecule has 17 heavy (non-hydrogen) atoms. The van der Waals surface area contributed by atoms with E-state index < -0.39 is 0 Å². The van der Waals surface area contributed by atoms with E-state index >= 15 is 0 Å². The van der Waals surface area contributed by atoms with Gasteiger partial charge in [0.25, 0.3) is 0 Å². The van der Waals surface area contributed by atoms with Crippen molar-refractivity contribution in [3.8, 4) is 0 Å². The van der Waals surface area contributed by atoms with Gasteiger partial charge in [-0.15, -0.1) is 0 Å². The Kier molecular flexibility index (Phi) is 4.67. The SMILES string of the molecule is C=C(CCC=O)[C@@H]1CC(C)(C)[C@H]1CCC(C)=O. The quantitative estimate of drug-likeness (QED) is 0.500. The van der Waals surface area contributed by atoms with Gasteiger partial charge in [-0.25, -0.2) is 0 Å². The lowest BCUT2D eigenvalue weighted by molar-refractivity contribution is -0.118. The first-order chi connectivity index (χ1) is 7.88. The number of Topliss-reactive ketones (excluding diaryl/α,β-unsaturated/α-hetero) is 1. The van der Waals surface area contributed by atoms with Gasteiger partial charge in [-0.1, -0.05) is 26.0 Å². The molecular weight excluding hydrogens is 212 g/mol. The van der Waals surface area contributed by atoms with Gasteiger partial charge in [0.1, 0.15) is 12.1 Å². The predicted molar refractivity (Wildman–Crippen MR) is 69.7 cm³/mol. The maximum atomic E-state index is 11.1. The second-order valence-electron chi connectivity index (χ2n) is 6.01. The average Bonchev–Trinajstić information content (AvgIpc) is 2.22. The molecule has 1 saturated carbocycles. The van der Waals surface area contributed by atoms with Crippen molar-refractivity contribution in [2.45, 2.75) is 52.9 Å². The van der Waals surface area contributed by atoms with Gasteiger partial charge in [-0.05, 0) is 43.4 Å². The van der Waals surface area contributed by atoms with Crippen LogP contribution in [0.25, 0.3) is 0 Å². The maximum absolute atomic E-state index is 11.1. The van der Waals surface area contributed by atoms with Crippen molar-refractivity contribution >= 4 is 12.1 Å². The molecule has 0 radical (unpaired) electrons. The van der Waals surface area contributed by atoms with Gasteiger partial charge in [-0.2, -0.15) is 0 Å². The molecule has 0 aromatic rings. The molecule has 0 amide bonds. The van der Waals surface area contributed by atoms with Crippen LogP contribution in [0.4, 0.5) is 0 Å². The van der Waals surface area contributed by atoms with E-state index in [-0.39, 0.29) is 5.78 Å². The summed E-state index contributed by atoms with van der Waals surface area (Å²) < 4.78 is 0. The van der Waals surface area contributed by atoms with Gasteiger partial charge in [0.2, 0.25) is 0 Å². The largest absolute Gasteiger partial charge is 0.303 e. The molecule has 96 valence electrons. The number of carbonyl (C=O) groups excluding carboxylic acids is 2. The van der Waals surface area contributed by atoms with Gasteiger partial charge in [-0.3, -0.25) is 0 Å². The number of ketones is 1. The fraction of sp³-hybridized carbons (Fsp3) is 0.733. The van der Waals surface area contributed by atoms with E-state index in [0.717, 1.165) is 25.5 Å². The molecule has 2 nitrogen and oxygen atoms in total. The van der Waals surface area contributed by atoms with Crippen LogP contribution >= 0.6 is 0 Å². The van der Waals surface area contributed by atoms with E-state index in [0.29, 0.717) is 30.1 Å². The molecule has 1 aliphatic rings. The van der Waals surface area contributed by atoms with Crippen molar-refractivity contribution in [2.75, 3.05) is 0 Å². The average molecular weight is 236 g/mol. The molecule has 1 fully saturated rings. The summed E-state index contributed by atoms with van der Waals surface area (Å²) in [5.74, 6) is 1.35. The highest BCUT2D eigenvalue weighted by Crippen LogP contribution is 2.55. The molecule has 1 aliphatic carbocycles. The highest BCUT2D eigenvalue weighted by molar-refractivity contribution is 5.75. The lowest BCUT2D eigenvalue weighted by Gasteiger charge is -2.53. The molecule has 0 N–H and O–H groups in total. The van der Waals surface area contributed by atoms with Crippen molar-refractivity contribution < 1.29 is 9.59 Å². The van der Waals surface area contributed by atoms with Crippen molar-refractivity contribution in [2.24, 2.45) is 17.3 Å². The molecule has 0 saturated heterocycles. The van der Waals surface area contributed by atoms with Crippen LogP contribution in [-0.4, -0.2) is 12.1 Å². The minimum absolute atomic E-state index is 0.268. The standard InChI is InChI=1S/C15H24O2/c1-11(6-5-9-16)13-10-15(3,4)14(13)8-7-12(2)17/h9,13-14H,1,5-8,10H2,2-4H3/t13-,14-/m0/s1. The third-order valence-electron chi connectivity index (χ3n) is 4.15. The first-order valence-corrected chi connectivity index (χ1v) is 6.49. The second kappa shape index (κ2) is 5.61. The minimum Gasteiger partial charge on any atom is -0.303 e. The molecule has 1 rings (SSSR count). The zero-order chi connectivity index (χ0) is 13.1. The molecule has 0 heterocycles. The molecule has 0 aliphatic heterocycles. The summed E-state index contributed by atoms with van der Waals surface area (Å²) in [6.45, 7) is 10.3. The Hall–Kier alpha value is -0.920. The maximum Gasteiger partial charge on any atom is 0.129 e. The highest BCUT2D eigenvalue weighted by atomic mass is 16.1. The van der Waals surface area contributed by atoms with E-state index in [1.807, 2.05) is 0 Å². The Bertz CT molecular complexity index is 315. The van der Waals surface area contributed by atoms with Crippen LogP contribution in [-0.2, 0) is 9.59 Å². The lowest BCUT2D eigenvalue weighted by atomic mass is 9.52. The summed E-state index contributed by atoms with van der Waals surface area (Å²) in [5.41, 5.74) is 1.52. The highest BCUT2D eigenvalue weighted by Gasteiger charge is 2.47. The van der Waals surface area contributed by atoms with Crippen molar-refractivity contribution in [1.82, 2.24) is 0 Å². The Morgan fingerprint density at radius 2 is 2.06 bits per heavy atom. The zero-order valence-corrected chi connectivity index (χ0v) is 11.3. The van der Waals surface area contributed by atoms with Crippen LogP contribution in [0.3, 0.4) is 0 Å². The Balaban J connectivity index is 2.53. The summed E-state index contributed by atoms with van der Waals surface area (Å²) in [7, 11) is 0. The zero-order valence-electron chi connectivity index (χ0n) is 11.3. The van der Waals surface area contributed by atoms with Crippen LogP contribution in [0.2, 0.25) is 0 Å². The first-order valence-electron chi connectivity index (χ1n) is 6.49. The van der Waals surface area contributed by atoms with Gasteiger partial charge in [0, 0.05) is 12.8 Å². The van der Waals surface area contributed by atoms with Crippen LogP contribution in [0.15, 0.2) is 12.2 Å². The van der Waals surface area contributed by atoms with Crippen molar-refractivity contribution in [3.05, 3.63) is 12.2 Å². The first kappa shape index (κ1) is 14.1. The van der Waals surface area contributed by atoms with Crippen LogP contribution in [0.1, 0.15) is 52.9 Å². The second-order valence-corrected chi connectivity index (χ2v) is 6.01. The van der Waals surface area contributed by atoms with Crippen molar-refractivity contribution in [3.63, 3.8) is 0 Å². The fourth-order valence-corrected chi connectivity index (χ4v) is 3.05. The Labute approximate surface area is 104 Å². The van der Waals surface area contributed by atoms with Gasteiger partial charge in [0.15, 0.2) is 0 Å². The summed E-state index contributed by atoms with van der Waals surface area (Å²) in [5, 5.41) is 0. The van der Waals surface area contributed by atoms with Gasteiger partial charge < -0.3 is 9.59 Å². The molecule has 2 heteroatoms. The smallest absolute Gasteiger partial charge is 0.129 e. The third-order valence-corrected chi connectivity index (χ3v) is 4.15. The number of carbonyl (C=O) groups is 2. The number of hydrogen-bond acceptors (Lipinski definition) is 2. The molecule has 0 bridgehead atoms. The molecule has 0 aromatic carbocycles. The summed E-state index contributed by atoms with van der Waals surface area (Å²) in [6.07, 6.45) is 5.13. The third kappa shape index (κ3) is 3.52. The van der Waals surface area contributed by atoms with Gasteiger partial charge in [0.05, 0.1) is 0 Å². The van der Waals surface area contributed by atoms with E-state index in [9.17, 15) is 9.59 Å². The molecule has 2 atom stereocenters. The van der Waals surface area contributed by atoms with Crippen molar-refractivity contribution in [1.29, 1.82) is 0 Å². The molecular formula is C15H24O2. The topological polar surface area (TPSA) is 34.1 Å². The molecule has 0 unspecified atom stereocenters. The number of aldehydes is 1. The van der Waals surface area contributed by atoms with Crippen LogP contribution in [0, 0.1) is 17.3 Å². The summed E-state index contributed by atoms with van der Waals surface area (Å²) in [6, 6.07) is 0. The number of allylic oxidation sites excluding steroid dienone is 1. The van der Waals surface area contributed by atoms with Crippen LogP contribution in [0.5, 0.6) is 0 Å². The van der Waals surface area contributed by atoms with E-state index in [1.165, 1.54) is 5.57 Å². The number of rotatable bonds is 7. The van der Waals surface area contributed by atoms with E-state index in [4.69, 9.17) is 0 Å². The minimum atomic E-state index is 0.268. The molecule has 0 aromatic heterocycles. The normalized spacial score (nSPS) is 26.1. The Morgan fingerprint density at radius 1 is 1.41 bits per heavy atom. The summed E-state index contributed by atoms with van der Waals surface area (Å²) in [4.78, 5) is 21.5. The number of hydrogen-bond donors (Lipinski definition) is 0. The predicted octanol–water partition coefficient (Wildman–Crippen LogP) is 3.55. The van der Waals surface area contributed by atoms with Gasteiger partial charge >= 0.3 is 0 Å². The lowest BCUT2D eigenvalue weighted by Crippen LogP contribution is -2.44. The molecule has 0 spiro atoms. The fourth-order valence-electron chi connectivity index (χ4n) is 3.05. The Morgan fingerprint density at radius 3 is 2.53 bits per heavy atom. The summed E-state index contributed by atoms with van der Waals surface area (Å²) >= 11 is 0. The van der Waals surface area contributed by atoms with Crippen LogP contribution < -0.4 is 0 Å². The van der Waals surface area contributed by atoms with E-state index in [2.05, 4.69) is 20.4 Å². The van der Waals surface area contributed by atoms with E-state index in [1.54, 1.807) is 6.92 Å².